The Morgan fingerprint density at radius 2 is 2.00 bits per heavy atom. The van der Waals surface area contributed by atoms with Crippen LogP contribution < -0.4 is 16.8 Å². The van der Waals surface area contributed by atoms with Gasteiger partial charge in [0.25, 0.3) is 5.91 Å². The standard InChI is InChI=1S/C11H12N4OS/c12-8-11(13,9(16)15-10(17)14-8)6-7-4-2-1-3-5-7/h1-5H,6,13H2,(H3,12,14,15,16,17). The van der Waals surface area contributed by atoms with Gasteiger partial charge in [-0.25, -0.2) is 4.99 Å². The number of hydrogen-bond donors (Lipinski definition) is 3. The molecule has 6 heteroatoms. The minimum absolute atomic E-state index is 0.0510. The van der Waals surface area contributed by atoms with Crippen molar-refractivity contribution in [2.45, 2.75) is 12.0 Å². The van der Waals surface area contributed by atoms with E-state index in [0.717, 1.165) is 5.56 Å². The normalized spacial score (nSPS) is 24.2. The van der Waals surface area contributed by atoms with E-state index in [1.807, 2.05) is 30.3 Å². The van der Waals surface area contributed by atoms with E-state index in [1.165, 1.54) is 0 Å². The van der Waals surface area contributed by atoms with E-state index in [4.69, 9.17) is 23.7 Å². The van der Waals surface area contributed by atoms with Crippen LogP contribution in [0.1, 0.15) is 5.56 Å². The highest BCUT2D eigenvalue weighted by Crippen LogP contribution is 2.14. The summed E-state index contributed by atoms with van der Waals surface area (Å²) in [6, 6.07) is 9.39. The van der Waals surface area contributed by atoms with Gasteiger partial charge >= 0.3 is 0 Å². The zero-order valence-corrected chi connectivity index (χ0v) is 9.83. The van der Waals surface area contributed by atoms with Gasteiger partial charge < -0.3 is 11.5 Å². The summed E-state index contributed by atoms with van der Waals surface area (Å²) in [6.07, 6.45) is 0.289. The molecule has 1 aromatic rings. The van der Waals surface area contributed by atoms with Gasteiger partial charge in [0.15, 0.2) is 5.54 Å². The van der Waals surface area contributed by atoms with Gasteiger partial charge in [-0.05, 0) is 17.8 Å². The number of hydrogen-bond acceptors (Lipinski definition) is 4. The Morgan fingerprint density at radius 3 is 2.59 bits per heavy atom. The molecule has 5 nitrogen and oxygen atoms in total. The SMILES string of the molecule is NC1=NC(=S)NC(=O)C1(N)Cc1ccccc1. The highest BCUT2D eigenvalue weighted by atomic mass is 32.1. The summed E-state index contributed by atoms with van der Waals surface area (Å²) in [6.45, 7) is 0. The number of thiocarbonyl (C=S) groups is 1. The van der Waals surface area contributed by atoms with Gasteiger partial charge in [-0.1, -0.05) is 30.3 Å². The van der Waals surface area contributed by atoms with Gasteiger partial charge in [0.1, 0.15) is 5.84 Å². The van der Waals surface area contributed by atoms with Crippen LogP contribution in [0.4, 0.5) is 0 Å². The predicted molar refractivity (Wildman–Crippen MR) is 69.4 cm³/mol. The second-order valence-corrected chi connectivity index (χ2v) is 4.28. The lowest BCUT2D eigenvalue weighted by molar-refractivity contribution is -0.122. The fourth-order valence-electron chi connectivity index (χ4n) is 1.65. The number of aliphatic imine (C=N–C) groups is 1. The maximum Gasteiger partial charge on any atom is 0.254 e. The summed E-state index contributed by atoms with van der Waals surface area (Å²) < 4.78 is 0. The van der Waals surface area contributed by atoms with Gasteiger partial charge in [-0.2, -0.15) is 0 Å². The van der Waals surface area contributed by atoms with Crippen molar-refractivity contribution in [1.29, 1.82) is 0 Å². The second kappa shape index (κ2) is 4.23. The molecule has 1 aliphatic heterocycles. The summed E-state index contributed by atoms with van der Waals surface area (Å²) in [5.41, 5.74) is 11.3. The fraction of sp³-hybridized carbons (Fsp3) is 0.182. The van der Waals surface area contributed by atoms with Crippen LogP contribution in [0.2, 0.25) is 0 Å². The Morgan fingerprint density at radius 1 is 1.35 bits per heavy atom. The molecule has 1 unspecified atom stereocenters. The highest BCUT2D eigenvalue weighted by molar-refractivity contribution is 7.80. The summed E-state index contributed by atoms with van der Waals surface area (Å²) in [5, 5.41) is 2.48. The number of benzene rings is 1. The third-order valence-corrected chi connectivity index (χ3v) is 2.82. The van der Waals surface area contributed by atoms with Crippen molar-refractivity contribution in [1.82, 2.24) is 5.32 Å². The number of carbonyl (C=O) groups excluding carboxylic acids is 1. The highest BCUT2D eigenvalue weighted by Gasteiger charge is 2.41. The van der Waals surface area contributed by atoms with E-state index >= 15 is 0 Å². The number of carbonyl (C=O) groups is 1. The zero-order valence-electron chi connectivity index (χ0n) is 9.01. The van der Waals surface area contributed by atoms with Gasteiger partial charge in [0.2, 0.25) is 5.11 Å². The first kappa shape index (κ1) is 11.7. The third kappa shape index (κ3) is 2.17. The Balaban J connectivity index is 2.33. The monoisotopic (exact) mass is 248 g/mol. The average molecular weight is 248 g/mol. The maximum absolute atomic E-state index is 11.9. The Bertz CT molecular complexity index is 499. The molecule has 1 heterocycles. The molecule has 88 valence electrons. The minimum atomic E-state index is -1.33. The van der Waals surface area contributed by atoms with Crippen LogP contribution in [0.3, 0.4) is 0 Å². The molecule has 17 heavy (non-hydrogen) atoms. The van der Waals surface area contributed by atoms with Crippen LogP contribution in [0.5, 0.6) is 0 Å². The van der Waals surface area contributed by atoms with Crippen molar-refractivity contribution in [2.24, 2.45) is 16.5 Å². The molecule has 0 saturated heterocycles. The molecule has 1 amide bonds. The van der Waals surface area contributed by atoms with E-state index in [2.05, 4.69) is 10.3 Å². The lowest BCUT2D eigenvalue weighted by Crippen LogP contribution is -2.67. The number of rotatable bonds is 2. The van der Waals surface area contributed by atoms with Crippen LogP contribution in [0.25, 0.3) is 0 Å². The Labute approximate surface area is 104 Å². The van der Waals surface area contributed by atoms with Crippen LogP contribution in [0, 0.1) is 0 Å². The van der Waals surface area contributed by atoms with Crippen molar-refractivity contribution in [3.8, 4) is 0 Å². The lowest BCUT2D eigenvalue weighted by atomic mass is 9.89. The molecule has 0 bridgehead atoms. The van der Waals surface area contributed by atoms with Crippen LogP contribution in [-0.2, 0) is 11.2 Å². The van der Waals surface area contributed by atoms with E-state index in [1.54, 1.807) is 0 Å². The Kier molecular flexibility index (Phi) is 2.91. The summed E-state index contributed by atoms with van der Waals surface area (Å²) >= 11 is 4.77. The van der Waals surface area contributed by atoms with E-state index in [9.17, 15) is 4.79 Å². The molecule has 0 saturated carbocycles. The van der Waals surface area contributed by atoms with Gasteiger partial charge in [0, 0.05) is 6.42 Å². The molecule has 0 aromatic heterocycles. The summed E-state index contributed by atoms with van der Waals surface area (Å²) in [4.78, 5) is 15.7. The quantitative estimate of drug-likeness (QED) is 0.626. The second-order valence-electron chi connectivity index (χ2n) is 3.89. The van der Waals surface area contributed by atoms with Gasteiger partial charge in [-0.3, -0.25) is 10.1 Å². The molecule has 0 radical (unpaired) electrons. The molecule has 2 rings (SSSR count). The first-order chi connectivity index (χ1) is 8.02. The number of amides is 1. The number of nitrogens with one attached hydrogen (secondary N) is 1. The Hall–Kier alpha value is -1.79. The van der Waals surface area contributed by atoms with Gasteiger partial charge in [0.05, 0.1) is 0 Å². The maximum atomic E-state index is 11.9. The van der Waals surface area contributed by atoms with E-state index in [-0.39, 0.29) is 17.4 Å². The topological polar surface area (TPSA) is 93.5 Å². The summed E-state index contributed by atoms with van der Waals surface area (Å²) in [5.74, 6) is -0.367. The third-order valence-electron chi connectivity index (χ3n) is 2.63. The largest absolute Gasteiger partial charge is 0.385 e. The van der Waals surface area contributed by atoms with E-state index < -0.39 is 11.4 Å². The first-order valence-electron chi connectivity index (χ1n) is 5.05. The molecule has 1 aromatic carbocycles. The van der Waals surface area contributed by atoms with Crippen LogP contribution in [0.15, 0.2) is 35.3 Å². The minimum Gasteiger partial charge on any atom is -0.385 e. The molecule has 5 N–H and O–H groups in total. The van der Waals surface area contributed by atoms with Crippen molar-refractivity contribution in [3.05, 3.63) is 35.9 Å². The number of nitrogens with two attached hydrogens (primary N) is 2. The van der Waals surface area contributed by atoms with Crippen molar-refractivity contribution < 1.29 is 4.79 Å². The average Bonchev–Trinajstić information content (AvgIpc) is 2.28. The lowest BCUT2D eigenvalue weighted by Gasteiger charge is -2.30. The molecule has 0 aliphatic carbocycles. The fourth-order valence-corrected chi connectivity index (χ4v) is 1.84. The number of nitrogens with zero attached hydrogens (tertiary/aromatic N) is 1. The summed E-state index contributed by atoms with van der Waals surface area (Å²) in [7, 11) is 0. The van der Waals surface area contributed by atoms with Crippen molar-refractivity contribution >= 4 is 29.1 Å². The van der Waals surface area contributed by atoms with Crippen LogP contribution in [-0.4, -0.2) is 22.4 Å². The van der Waals surface area contributed by atoms with Crippen molar-refractivity contribution in [3.63, 3.8) is 0 Å². The van der Waals surface area contributed by atoms with Gasteiger partial charge in [-0.15, -0.1) is 0 Å². The molecular weight excluding hydrogens is 236 g/mol. The van der Waals surface area contributed by atoms with E-state index in [0.29, 0.717) is 0 Å². The molecule has 1 atom stereocenters. The molecule has 0 spiro atoms. The zero-order chi connectivity index (χ0) is 12.5. The molecule has 1 aliphatic rings. The predicted octanol–water partition coefficient (Wildman–Crippen LogP) is -0.301. The first-order valence-corrected chi connectivity index (χ1v) is 5.46. The molecule has 0 fully saturated rings. The van der Waals surface area contributed by atoms with Crippen LogP contribution >= 0.6 is 12.2 Å². The van der Waals surface area contributed by atoms with Crippen molar-refractivity contribution in [2.75, 3.05) is 0 Å². The molecular formula is C11H12N4OS. The smallest absolute Gasteiger partial charge is 0.254 e. The number of amidine groups is 1.